The highest BCUT2D eigenvalue weighted by molar-refractivity contribution is 5.88. The maximum atomic E-state index is 13.0. The van der Waals surface area contributed by atoms with Crippen LogP contribution in [0.2, 0.25) is 0 Å². The summed E-state index contributed by atoms with van der Waals surface area (Å²) in [5.74, 6) is 0.325. The van der Waals surface area contributed by atoms with E-state index in [-0.39, 0.29) is 28.0 Å². The van der Waals surface area contributed by atoms with Crippen molar-refractivity contribution in [1.82, 2.24) is 0 Å². The molecule has 1 fully saturated rings. The second-order valence-electron chi connectivity index (χ2n) is 7.67. The topological polar surface area (TPSA) is 159 Å². The van der Waals surface area contributed by atoms with Gasteiger partial charge in [-0.3, -0.25) is 4.79 Å². The van der Waals surface area contributed by atoms with Crippen molar-refractivity contribution in [1.29, 1.82) is 0 Å². The van der Waals surface area contributed by atoms with Crippen LogP contribution in [-0.4, -0.2) is 70.8 Å². The number of phenolic OH excluding ortho intramolecular Hbond substituents is 1. The molecule has 10 heteroatoms. The monoisotopic (exact) mass is 460 g/mol. The normalized spacial score (nSPS) is 25.2. The second-order valence-corrected chi connectivity index (χ2v) is 7.67. The quantitative estimate of drug-likeness (QED) is 0.367. The highest BCUT2D eigenvalue weighted by Crippen LogP contribution is 2.45. The Morgan fingerprint density at radius 1 is 0.970 bits per heavy atom. The van der Waals surface area contributed by atoms with Crippen LogP contribution >= 0.6 is 0 Å². The molecule has 1 aliphatic rings. The summed E-state index contributed by atoms with van der Waals surface area (Å²) >= 11 is 0. The van der Waals surface area contributed by atoms with Crippen molar-refractivity contribution in [3.8, 4) is 28.6 Å². The van der Waals surface area contributed by atoms with Gasteiger partial charge in [-0.1, -0.05) is 0 Å². The molecule has 0 aliphatic carbocycles. The number of hydrogen-bond donors (Lipinski definition) is 5. The summed E-state index contributed by atoms with van der Waals surface area (Å²) in [5, 5.41) is 51.0. The third-order valence-corrected chi connectivity index (χ3v) is 5.77. The van der Waals surface area contributed by atoms with E-state index < -0.39 is 48.3 Å². The predicted molar refractivity (Wildman–Crippen MR) is 115 cm³/mol. The average Bonchev–Trinajstić information content (AvgIpc) is 2.82. The van der Waals surface area contributed by atoms with Crippen LogP contribution in [-0.2, 0) is 4.74 Å². The largest absolute Gasteiger partial charge is 0.506 e. The number of fused-ring (bicyclic) bond motifs is 1. The molecule has 5 atom stereocenters. The van der Waals surface area contributed by atoms with E-state index in [1.807, 2.05) is 0 Å². The van der Waals surface area contributed by atoms with Gasteiger partial charge in [0.15, 0.2) is 5.43 Å². The molecule has 0 saturated carbocycles. The maximum Gasteiger partial charge on any atom is 0.197 e. The SMILES string of the molecule is COc1ccc(-c2cc(=O)c3c(O)c(C4OC(CO)C(O)C(O)C4O)c(OC)cc3o2)cc1. The van der Waals surface area contributed by atoms with E-state index in [4.69, 9.17) is 18.6 Å². The van der Waals surface area contributed by atoms with Crippen molar-refractivity contribution < 1.29 is 44.2 Å². The average molecular weight is 460 g/mol. The summed E-state index contributed by atoms with van der Waals surface area (Å²) in [4.78, 5) is 13.0. The van der Waals surface area contributed by atoms with E-state index in [1.54, 1.807) is 24.3 Å². The highest BCUT2D eigenvalue weighted by atomic mass is 16.5. The van der Waals surface area contributed by atoms with Gasteiger partial charge in [0.05, 0.1) is 26.4 Å². The first-order chi connectivity index (χ1) is 15.8. The molecule has 1 saturated heterocycles. The van der Waals surface area contributed by atoms with Gasteiger partial charge < -0.3 is 44.2 Å². The number of hydrogen-bond acceptors (Lipinski definition) is 10. The number of phenols is 1. The van der Waals surface area contributed by atoms with E-state index in [2.05, 4.69) is 0 Å². The van der Waals surface area contributed by atoms with Gasteiger partial charge in [-0.25, -0.2) is 0 Å². The first kappa shape index (κ1) is 23.0. The van der Waals surface area contributed by atoms with Crippen molar-refractivity contribution in [2.45, 2.75) is 30.5 Å². The lowest BCUT2D eigenvalue weighted by atomic mass is 9.89. The van der Waals surface area contributed by atoms with Crippen LogP contribution < -0.4 is 14.9 Å². The summed E-state index contributed by atoms with van der Waals surface area (Å²) in [6.07, 6.45) is -7.53. The van der Waals surface area contributed by atoms with Gasteiger partial charge in [-0.15, -0.1) is 0 Å². The van der Waals surface area contributed by atoms with E-state index in [0.29, 0.717) is 11.3 Å². The second kappa shape index (κ2) is 9.00. The molecule has 3 aromatic rings. The van der Waals surface area contributed by atoms with E-state index >= 15 is 0 Å². The molecular formula is C23H24O10. The molecule has 1 aliphatic heterocycles. The number of methoxy groups -OCH3 is 2. The summed E-state index contributed by atoms with van der Waals surface area (Å²) < 4.78 is 21.9. The number of aromatic hydroxyl groups is 1. The molecular weight excluding hydrogens is 436 g/mol. The van der Waals surface area contributed by atoms with E-state index in [1.165, 1.54) is 26.4 Å². The van der Waals surface area contributed by atoms with Gasteiger partial charge in [0.1, 0.15) is 64.5 Å². The van der Waals surface area contributed by atoms with Crippen molar-refractivity contribution in [3.63, 3.8) is 0 Å². The molecule has 0 bridgehead atoms. The minimum Gasteiger partial charge on any atom is -0.506 e. The zero-order valence-electron chi connectivity index (χ0n) is 17.8. The number of rotatable bonds is 5. The molecule has 5 unspecified atom stereocenters. The Balaban J connectivity index is 1.86. The fraction of sp³-hybridized carbons (Fsp3) is 0.348. The van der Waals surface area contributed by atoms with Crippen molar-refractivity contribution in [2.75, 3.05) is 20.8 Å². The van der Waals surface area contributed by atoms with Gasteiger partial charge in [0.2, 0.25) is 0 Å². The first-order valence-corrected chi connectivity index (χ1v) is 10.1. The Kier molecular flexibility index (Phi) is 6.28. The molecule has 0 spiro atoms. The summed E-state index contributed by atoms with van der Waals surface area (Å²) in [6.45, 7) is -0.647. The molecule has 4 rings (SSSR count). The van der Waals surface area contributed by atoms with E-state index in [0.717, 1.165) is 0 Å². The molecule has 0 radical (unpaired) electrons. The van der Waals surface area contributed by atoms with Crippen LogP contribution in [0.15, 0.2) is 45.6 Å². The van der Waals surface area contributed by atoms with Gasteiger partial charge in [0.25, 0.3) is 0 Å². The van der Waals surface area contributed by atoms with Crippen LogP contribution in [0.1, 0.15) is 11.7 Å². The molecule has 10 nitrogen and oxygen atoms in total. The number of aliphatic hydroxyl groups excluding tert-OH is 4. The zero-order valence-corrected chi connectivity index (χ0v) is 17.8. The summed E-state index contributed by atoms with van der Waals surface area (Å²) in [6, 6.07) is 9.41. The summed E-state index contributed by atoms with van der Waals surface area (Å²) in [7, 11) is 2.84. The molecule has 5 N–H and O–H groups in total. The van der Waals surface area contributed by atoms with Gasteiger partial charge in [-0.05, 0) is 24.3 Å². The Hall–Kier alpha value is -3.15. The standard InChI is InChI=1S/C23H24O10/c1-30-11-5-3-10(4-6-11)13-7-12(25)17-15(32-13)8-14(31-2)18(20(17)27)23-22(29)21(28)19(26)16(9-24)33-23/h3-8,16,19,21-24,26-29H,9H2,1-2H3. The van der Waals surface area contributed by atoms with Crippen LogP contribution in [0.4, 0.5) is 0 Å². The number of ether oxygens (including phenoxy) is 3. The minimum atomic E-state index is -1.68. The molecule has 2 aromatic carbocycles. The maximum absolute atomic E-state index is 13.0. The summed E-state index contributed by atoms with van der Waals surface area (Å²) in [5.41, 5.74) is -0.0539. The zero-order chi connectivity index (χ0) is 23.9. The number of aliphatic hydroxyl groups is 4. The van der Waals surface area contributed by atoms with Crippen molar-refractivity contribution in [2.24, 2.45) is 0 Å². The van der Waals surface area contributed by atoms with Crippen molar-refractivity contribution >= 4 is 11.0 Å². The van der Waals surface area contributed by atoms with Crippen LogP contribution in [0.5, 0.6) is 17.2 Å². The lowest BCUT2D eigenvalue weighted by Crippen LogP contribution is -2.55. The van der Waals surface area contributed by atoms with E-state index in [9.17, 15) is 30.3 Å². The van der Waals surface area contributed by atoms with Gasteiger partial charge in [-0.2, -0.15) is 0 Å². The minimum absolute atomic E-state index is 0.0133. The van der Waals surface area contributed by atoms with Crippen LogP contribution in [0.3, 0.4) is 0 Å². The fourth-order valence-corrected chi connectivity index (χ4v) is 3.98. The fourth-order valence-electron chi connectivity index (χ4n) is 3.98. The van der Waals surface area contributed by atoms with Gasteiger partial charge in [0, 0.05) is 17.7 Å². The van der Waals surface area contributed by atoms with Gasteiger partial charge >= 0.3 is 0 Å². The highest BCUT2D eigenvalue weighted by Gasteiger charge is 2.46. The lowest BCUT2D eigenvalue weighted by Gasteiger charge is -2.40. The Labute approximate surface area is 187 Å². The Bertz CT molecular complexity index is 1200. The Morgan fingerprint density at radius 3 is 2.27 bits per heavy atom. The molecule has 1 aromatic heterocycles. The molecule has 176 valence electrons. The smallest absolute Gasteiger partial charge is 0.197 e. The first-order valence-electron chi connectivity index (χ1n) is 10.1. The van der Waals surface area contributed by atoms with Crippen molar-refractivity contribution in [3.05, 3.63) is 52.2 Å². The Morgan fingerprint density at radius 2 is 1.67 bits per heavy atom. The number of benzene rings is 2. The molecule has 33 heavy (non-hydrogen) atoms. The molecule has 2 heterocycles. The third kappa shape index (κ3) is 3.92. The van der Waals surface area contributed by atoms with Crippen LogP contribution in [0.25, 0.3) is 22.3 Å². The van der Waals surface area contributed by atoms with Crippen LogP contribution in [0, 0.1) is 0 Å². The predicted octanol–water partition coefficient (Wildman–Crippen LogP) is 0.698. The lowest BCUT2D eigenvalue weighted by molar-refractivity contribution is -0.232. The molecule has 0 amide bonds. The third-order valence-electron chi connectivity index (χ3n) is 5.77.